The Kier molecular flexibility index (Phi) is 3.63. The van der Waals surface area contributed by atoms with Gasteiger partial charge in [-0.1, -0.05) is 11.6 Å². The Morgan fingerprint density at radius 1 is 1.29 bits per heavy atom. The third-order valence-electron chi connectivity index (χ3n) is 3.20. The number of hydrogen-bond donors (Lipinski definition) is 0. The van der Waals surface area contributed by atoms with Crippen molar-refractivity contribution in [3.63, 3.8) is 0 Å². The molecule has 0 saturated carbocycles. The van der Waals surface area contributed by atoms with Crippen molar-refractivity contribution >= 4 is 23.5 Å². The minimum atomic E-state index is 0.0335. The van der Waals surface area contributed by atoms with Gasteiger partial charge in [0.1, 0.15) is 5.15 Å². The zero-order chi connectivity index (χ0) is 12.4. The minimum absolute atomic E-state index is 0.0335. The molecule has 0 radical (unpaired) electrons. The van der Waals surface area contributed by atoms with E-state index in [1.165, 1.54) is 24.0 Å². The average molecular weight is 250 g/mol. The van der Waals surface area contributed by atoms with Gasteiger partial charge in [-0.25, -0.2) is 4.98 Å². The summed E-state index contributed by atoms with van der Waals surface area (Å²) in [6, 6.07) is 0. The summed E-state index contributed by atoms with van der Waals surface area (Å²) in [5.41, 5.74) is 4.57. The Labute approximate surface area is 107 Å². The Balaban J connectivity index is 2.54. The van der Waals surface area contributed by atoms with Crippen LogP contribution in [0.4, 0.5) is 0 Å². The summed E-state index contributed by atoms with van der Waals surface area (Å²) >= 11 is 6.18. The maximum absolute atomic E-state index is 11.0. The smallest absolute Gasteiger partial charge is 0.152 e. The molecule has 0 amide bonds. The third-order valence-corrected chi connectivity index (χ3v) is 3.49. The second kappa shape index (κ2) is 5.01. The van der Waals surface area contributed by atoms with Gasteiger partial charge in [-0.05, 0) is 62.8 Å². The highest BCUT2D eigenvalue weighted by molar-refractivity contribution is 6.31. The number of nitrogens with zero attached hydrogens (tertiary/aromatic N) is 1. The molecule has 0 bridgehead atoms. The molecule has 0 atom stereocenters. The first-order valence-electron chi connectivity index (χ1n) is 5.96. The summed E-state index contributed by atoms with van der Waals surface area (Å²) in [5, 5.41) is 0.514. The largest absolute Gasteiger partial charge is 0.295 e. The van der Waals surface area contributed by atoms with E-state index in [-0.39, 0.29) is 5.78 Å². The minimum Gasteiger partial charge on any atom is -0.295 e. The van der Waals surface area contributed by atoms with E-state index in [0.29, 0.717) is 5.15 Å². The number of ketones is 1. The molecule has 1 aliphatic carbocycles. The van der Waals surface area contributed by atoms with Crippen LogP contribution in [0.3, 0.4) is 0 Å². The van der Waals surface area contributed by atoms with Crippen LogP contribution in [-0.4, -0.2) is 10.8 Å². The summed E-state index contributed by atoms with van der Waals surface area (Å²) in [4.78, 5) is 15.4. The molecule has 17 heavy (non-hydrogen) atoms. The van der Waals surface area contributed by atoms with Gasteiger partial charge in [0.25, 0.3) is 0 Å². The lowest BCUT2D eigenvalue weighted by Gasteiger charge is -2.20. The molecule has 1 aromatic rings. The first-order chi connectivity index (χ1) is 8.09. The molecule has 0 unspecified atom stereocenters. The Bertz CT molecular complexity index is 491. The third kappa shape index (κ3) is 2.58. The molecule has 0 saturated heterocycles. The van der Waals surface area contributed by atoms with Crippen LogP contribution in [0.15, 0.2) is 6.08 Å². The van der Waals surface area contributed by atoms with Gasteiger partial charge in [0.15, 0.2) is 5.78 Å². The molecule has 90 valence electrons. The topological polar surface area (TPSA) is 30.0 Å². The maximum atomic E-state index is 11.0. The lowest BCUT2D eigenvalue weighted by molar-refractivity contribution is -0.112. The van der Waals surface area contributed by atoms with Crippen LogP contribution in [0.5, 0.6) is 0 Å². The predicted molar refractivity (Wildman–Crippen MR) is 70.3 cm³/mol. The lowest BCUT2D eigenvalue weighted by atomic mass is 9.88. The number of fused-ring (bicyclic) bond motifs is 1. The molecule has 2 nitrogen and oxygen atoms in total. The average Bonchev–Trinajstić information content (AvgIpc) is 2.28. The van der Waals surface area contributed by atoms with E-state index in [2.05, 4.69) is 4.98 Å². The van der Waals surface area contributed by atoms with Crippen LogP contribution in [-0.2, 0) is 17.6 Å². The van der Waals surface area contributed by atoms with Gasteiger partial charge in [-0.3, -0.25) is 4.79 Å². The SMILES string of the molecule is CC(=O)/C=C/c1c(Cl)nc(C)c2c1CCCC2. The second-order valence-corrected chi connectivity index (χ2v) is 4.87. The van der Waals surface area contributed by atoms with Gasteiger partial charge in [-0.2, -0.15) is 0 Å². The maximum Gasteiger partial charge on any atom is 0.152 e. The standard InChI is InChI=1S/C14H16ClNO/c1-9(17)7-8-13-12-6-4-3-5-11(12)10(2)16-14(13)15/h7-8H,3-6H2,1-2H3/b8-7+. The summed E-state index contributed by atoms with van der Waals surface area (Å²) < 4.78 is 0. The monoisotopic (exact) mass is 249 g/mol. The van der Waals surface area contributed by atoms with E-state index in [9.17, 15) is 4.79 Å². The van der Waals surface area contributed by atoms with E-state index >= 15 is 0 Å². The molecule has 3 heteroatoms. The lowest BCUT2D eigenvalue weighted by Crippen LogP contribution is -2.09. The van der Waals surface area contributed by atoms with Crippen molar-refractivity contribution in [3.05, 3.63) is 33.6 Å². The number of aromatic nitrogens is 1. The van der Waals surface area contributed by atoms with Crippen LogP contribution in [0.2, 0.25) is 5.15 Å². The highest BCUT2D eigenvalue weighted by Gasteiger charge is 2.18. The molecule has 1 heterocycles. The zero-order valence-electron chi connectivity index (χ0n) is 10.2. The van der Waals surface area contributed by atoms with E-state index in [1.54, 1.807) is 19.1 Å². The van der Waals surface area contributed by atoms with Crippen LogP contribution in [0, 0.1) is 6.92 Å². The first-order valence-corrected chi connectivity index (χ1v) is 6.34. The van der Waals surface area contributed by atoms with Gasteiger partial charge in [0.2, 0.25) is 0 Å². The van der Waals surface area contributed by atoms with Gasteiger partial charge in [0.05, 0.1) is 0 Å². The van der Waals surface area contributed by atoms with E-state index in [1.807, 2.05) is 6.92 Å². The molecular weight excluding hydrogens is 234 g/mol. The van der Waals surface area contributed by atoms with Crippen molar-refractivity contribution in [2.45, 2.75) is 39.5 Å². The fourth-order valence-electron chi connectivity index (χ4n) is 2.37. The molecule has 0 aliphatic heterocycles. The van der Waals surface area contributed by atoms with E-state index in [0.717, 1.165) is 24.1 Å². The Morgan fingerprint density at radius 2 is 1.94 bits per heavy atom. The summed E-state index contributed by atoms with van der Waals surface area (Å²) in [6.45, 7) is 3.55. The second-order valence-electron chi connectivity index (χ2n) is 4.51. The number of hydrogen-bond acceptors (Lipinski definition) is 2. The molecule has 0 fully saturated rings. The summed E-state index contributed by atoms with van der Waals surface area (Å²) in [6.07, 6.45) is 7.89. The number of carbonyl (C=O) groups is 1. The van der Waals surface area contributed by atoms with Crippen molar-refractivity contribution in [1.82, 2.24) is 4.98 Å². The van der Waals surface area contributed by atoms with Crippen LogP contribution >= 0.6 is 11.6 Å². The Morgan fingerprint density at radius 3 is 2.59 bits per heavy atom. The molecule has 0 spiro atoms. The summed E-state index contributed by atoms with van der Waals surface area (Å²) in [5.74, 6) is 0.0335. The number of allylic oxidation sites excluding steroid dienone is 1. The highest BCUT2D eigenvalue weighted by atomic mass is 35.5. The van der Waals surface area contributed by atoms with Gasteiger partial charge < -0.3 is 0 Å². The zero-order valence-corrected chi connectivity index (χ0v) is 11.0. The number of rotatable bonds is 2. The molecule has 1 aromatic heterocycles. The van der Waals surface area contributed by atoms with Crippen molar-refractivity contribution in [3.8, 4) is 0 Å². The van der Waals surface area contributed by atoms with Crippen LogP contribution < -0.4 is 0 Å². The first kappa shape index (κ1) is 12.3. The highest BCUT2D eigenvalue weighted by Crippen LogP contribution is 2.31. The molecule has 0 N–H and O–H groups in total. The predicted octanol–water partition coefficient (Wildman–Crippen LogP) is 3.52. The fourth-order valence-corrected chi connectivity index (χ4v) is 2.68. The van der Waals surface area contributed by atoms with E-state index < -0.39 is 0 Å². The Hall–Kier alpha value is -1.15. The van der Waals surface area contributed by atoms with Crippen molar-refractivity contribution in [2.24, 2.45) is 0 Å². The van der Waals surface area contributed by atoms with Crippen LogP contribution in [0.1, 0.15) is 42.1 Å². The molecule has 1 aliphatic rings. The van der Waals surface area contributed by atoms with Crippen molar-refractivity contribution < 1.29 is 4.79 Å². The number of pyridine rings is 1. The molecule has 2 rings (SSSR count). The van der Waals surface area contributed by atoms with Gasteiger partial charge >= 0.3 is 0 Å². The normalized spacial score (nSPS) is 15.0. The van der Waals surface area contributed by atoms with Gasteiger partial charge in [0, 0.05) is 11.3 Å². The van der Waals surface area contributed by atoms with Crippen LogP contribution in [0.25, 0.3) is 6.08 Å². The number of halogens is 1. The molecule has 0 aromatic carbocycles. The molecular formula is C14H16ClNO. The number of aryl methyl sites for hydroxylation is 1. The quantitative estimate of drug-likeness (QED) is 0.593. The van der Waals surface area contributed by atoms with E-state index in [4.69, 9.17) is 11.6 Å². The fraction of sp³-hybridized carbons (Fsp3) is 0.429. The summed E-state index contributed by atoms with van der Waals surface area (Å²) in [7, 11) is 0. The van der Waals surface area contributed by atoms with Crippen molar-refractivity contribution in [2.75, 3.05) is 0 Å². The number of carbonyl (C=O) groups excluding carboxylic acids is 1. The van der Waals surface area contributed by atoms with Crippen molar-refractivity contribution in [1.29, 1.82) is 0 Å². The van der Waals surface area contributed by atoms with Gasteiger partial charge in [-0.15, -0.1) is 0 Å².